The van der Waals surface area contributed by atoms with Crippen molar-refractivity contribution in [2.24, 2.45) is 0 Å². The maximum atomic E-state index is 12.7. The Hall–Kier alpha value is -3.81. The number of aliphatic hydroxyl groups is 4. The highest BCUT2D eigenvalue weighted by molar-refractivity contribution is 6.09. The first kappa shape index (κ1) is 28.2. The van der Waals surface area contributed by atoms with E-state index in [0.717, 1.165) is 6.08 Å². The summed E-state index contributed by atoms with van der Waals surface area (Å²) in [7, 11) is 0. The number of para-hydroxylation sites is 1. The number of ketones is 1. The molecule has 2 aromatic carbocycles. The van der Waals surface area contributed by atoms with E-state index in [1.54, 1.807) is 18.2 Å². The quantitative estimate of drug-likeness (QED) is 0.172. The van der Waals surface area contributed by atoms with Crippen molar-refractivity contribution in [1.82, 2.24) is 0 Å². The van der Waals surface area contributed by atoms with Crippen molar-refractivity contribution >= 4 is 17.7 Å². The van der Waals surface area contributed by atoms with Crippen LogP contribution in [0.5, 0.6) is 11.5 Å². The molecule has 12 nitrogen and oxygen atoms in total. The van der Waals surface area contributed by atoms with E-state index in [-0.39, 0.29) is 23.3 Å². The normalized spacial score (nSPS) is 28.5. The molecule has 0 bridgehead atoms. The number of esters is 2. The summed E-state index contributed by atoms with van der Waals surface area (Å²) in [6.45, 7) is -1.27. The smallest absolute Gasteiger partial charge is 0.350 e. The molecule has 1 saturated heterocycles. The molecule has 0 spiro atoms. The number of aliphatic hydroxyl groups excluding tert-OH is 3. The average molecular weight is 545 g/mol. The summed E-state index contributed by atoms with van der Waals surface area (Å²) in [6.07, 6.45) is -5.09. The van der Waals surface area contributed by atoms with Gasteiger partial charge in [0.25, 0.3) is 0 Å². The fourth-order valence-electron chi connectivity index (χ4n) is 4.17. The first-order valence-corrected chi connectivity index (χ1v) is 12.1. The maximum absolute atomic E-state index is 12.7. The third kappa shape index (κ3) is 5.95. The van der Waals surface area contributed by atoms with Gasteiger partial charge in [0.05, 0.1) is 12.2 Å². The number of carbonyl (C=O) groups is 3. The van der Waals surface area contributed by atoms with Crippen molar-refractivity contribution in [2.45, 2.75) is 55.8 Å². The number of phenolic OH excluding ortho intramolecular Hbond substituents is 1. The molecule has 1 fully saturated rings. The number of aromatic hydroxyl groups is 1. The molecule has 0 radical (unpaired) electrons. The number of rotatable bonds is 8. The van der Waals surface area contributed by atoms with Crippen molar-refractivity contribution in [2.75, 3.05) is 6.61 Å². The van der Waals surface area contributed by atoms with Crippen molar-refractivity contribution in [3.05, 3.63) is 71.8 Å². The van der Waals surface area contributed by atoms with Gasteiger partial charge in [-0.3, -0.25) is 4.79 Å². The van der Waals surface area contributed by atoms with Crippen LogP contribution in [0.3, 0.4) is 0 Å². The summed E-state index contributed by atoms with van der Waals surface area (Å²) in [4.78, 5) is 37.3. The third-order valence-electron chi connectivity index (χ3n) is 6.38. The highest BCUT2D eigenvalue weighted by Crippen LogP contribution is 2.35. The number of Topliss-reactive ketones (excluding diaryl/α,β-unsaturated/α-hetero) is 1. The van der Waals surface area contributed by atoms with Crippen molar-refractivity contribution in [3.8, 4) is 11.5 Å². The van der Waals surface area contributed by atoms with Crippen LogP contribution in [0.15, 0.2) is 60.7 Å². The number of allylic oxidation sites excluding steroid dienone is 1. The first-order chi connectivity index (χ1) is 18.7. The van der Waals surface area contributed by atoms with Gasteiger partial charge in [0, 0.05) is 12.0 Å². The Bertz CT molecular complexity index is 1230. The van der Waals surface area contributed by atoms with Gasteiger partial charge in [-0.15, -0.1) is 0 Å². The Morgan fingerprint density at radius 1 is 1.05 bits per heavy atom. The summed E-state index contributed by atoms with van der Waals surface area (Å²) >= 11 is 0. The highest BCUT2D eigenvalue weighted by Gasteiger charge is 2.48. The number of carbonyl (C=O) groups excluding carboxylic acids is 3. The van der Waals surface area contributed by atoms with E-state index in [0.29, 0.717) is 6.42 Å². The predicted octanol–water partition coefficient (Wildman–Crippen LogP) is 0.129. The van der Waals surface area contributed by atoms with Crippen molar-refractivity contribution < 1.29 is 58.9 Å². The number of benzene rings is 2. The van der Waals surface area contributed by atoms with Gasteiger partial charge in [-0.05, 0) is 30.7 Å². The second kappa shape index (κ2) is 11.9. The minimum absolute atomic E-state index is 0.0368. The van der Waals surface area contributed by atoms with Gasteiger partial charge in [0.2, 0.25) is 11.9 Å². The van der Waals surface area contributed by atoms with Crippen LogP contribution in [0.25, 0.3) is 0 Å². The van der Waals surface area contributed by atoms with E-state index in [2.05, 4.69) is 0 Å². The minimum Gasteiger partial charge on any atom is -0.504 e. The molecule has 1 aliphatic heterocycles. The van der Waals surface area contributed by atoms with Gasteiger partial charge >= 0.3 is 11.9 Å². The van der Waals surface area contributed by atoms with E-state index in [9.17, 15) is 39.9 Å². The standard InChI is InChI=1S/C27H28O12/c28-13-18-20(31)21(32)23(38-24(33)15-7-2-1-3-8-15)25(37-18)39-22-16(9-6-10-17(22)29)14-36-26(34)27(35)12-5-4-11-19(27)30/h1-3,5-10,12,18,20-21,23,25,28-29,31-32,35H,4,11,13-14H2/t18-,20-,21+,23-,25+,27?/m1/s1. The van der Waals surface area contributed by atoms with Crippen LogP contribution in [-0.2, 0) is 30.4 Å². The lowest BCUT2D eigenvalue weighted by molar-refractivity contribution is -0.277. The molecule has 0 saturated carbocycles. The lowest BCUT2D eigenvalue weighted by atomic mass is 9.90. The third-order valence-corrected chi connectivity index (χ3v) is 6.38. The molecule has 1 unspecified atom stereocenters. The molecule has 5 N–H and O–H groups in total. The second-order valence-corrected chi connectivity index (χ2v) is 9.03. The lowest BCUT2D eigenvalue weighted by Gasteiger charge is -2.41. The molecule has 1 aliphatic carbocycles. The highest BCUT2D eigenvalue weighted by atomic mass is 16.7. The summed E-state index contributed by atoms with van der Waals surface area (Å²) in [5, 5.41) is 51.6. The zero-order valence-corrected chi connectivity index (χ0v) is 20.6. The molecule has 208 valence electrons. The van der Waals surface area contributed by atoms with E-state index >= 15 is 0 Å². The van der Waals surface area contributed by atoms with Crippen molar-refractivity contribution in [1.29, 1.82) is 0 Å². The second-order valence-electron chi connectivity index (χ2n) is 9.03. The summed E-state index contributed by atoms with van der Waals surface area (Å²) in [5.74, 6) is -3.55. The molecular formula is C27H28O12. The maximum Gasteiger partial charge on any atom is 0.350 e. The summed E-state index contributed by atoms with van der Waals surface area (Å²) in [5.41, 5.74) is -2.23. The zero-order chi connectivity index (χ0) is 28.2. The van der Waals surface area contributed by atoms with Crippen LogP contribution in [0.4, 0.5) is 0 Å². The predicted molar refractivity (Wildman–Crippen MR) is 130 cm³/mol. The Balaban J connectivity index is 1.57. The molecule has 4 rings (SSSR count). The van der Waals surface area contributed by atoms with E-state index in [1.807, 2.05) is 0 Å². The van der Waals surface area contributed by atoms with Crippen LogP contribution in [0.1, 0.15) is 28.8 Å². The van der Waals surface area contributed by atoms with Gasteiger partial charge in [-0.2, -0.15) is 0 Å². The van der Waals surface area contributed by atoms with Gasteiger partial charge < -0.3 is 44.5 Å². The molecule has 12 heteroatoms. The Morgan fingerprint density at radius 2 is 1.79 bits per heavy atom. The summed E-state index contributed by atoms with van der Waals surface area (Å²) in [6, 6.07) is 11.9. The van der Waals surface area contributed by atoms with Gasteiger partial charge in [-0.25, -0.2) is 9.59 Å². The monoisotopic (exact) mass is 544 g/mol. The molecule has 2 aliphatic rings. The fourth-order valence-corrected chi connectivity index (χ4v) is 4.17. The number of hydrogen-bond donors (Lipinski definition) is 5. The van der Waals surface area contributed by atoms with E-state index in [4.69, 9.17) is 18.9 Å². The molecule has 39 heavy (non-hydrogen) atoms. The Kier molecular flexibility index (Phi) is 8.63. The number of phenols is 1. The molecule has 0 aromatic heterocycles. The molecule has 2 aromatic rings. The number of ether oxygens (including phenoxy) is 4. The molecule has 1 heterocycles. The van der Waals surface area contributed by atoms with Crippen LogP contribution < -0.4 is 4.74 Å². The van der Waals surface area contributed by atoms with E-state index < -0.39 is 73.0 Å². The first-order valence-electron chi connectivity index (χ1n) is 12.1. The van der Waals surface area contributed by atoms with Crippen LogP contribution >= 0.6 is 0 Å². The Labute approximate surface area is 222 Å². The molecule has 6 atom stereocenters. The lowest BCUT2D eigenvalue weighted by Crippen LogP contribution is -2.61. The fraction of sp³-hybridized carbons (Fsp3) is 0.370. The Morgan fingerprint density at radius 3 is 2.49 bits per heavy atom. The average Bonchev–Trinajstić information content (AvgIpc) is 2.94. The largest absolute Gasteiger partial charge is 0.504 e. The van der Waals surface area contributed by atoms with Crippen molar-refractivity contribution in [3.63, 3.8) is 0 Å². The topological polar surface area (TPSA) is 189 Å². The van der Waals surface area contributed by atoms with Crippen LogP contribution in [-0.4, -0.2) is 86.2 Å². The van der Waals surface area contributed by atoms with E-state index in [1.165, 1.54) is 36.4 Å². The number of hydrogen-bond acceptors (Lipinski definition) is 12. The minimum atomic E-state index is -2.44. The summed E-state index contributed by atoms with van der Waals surface area (Å²) < 4.78 is 21.9. The molecule has 0 amide bonds. The van der Waals surface area contributed by atoms with Gasteiger partial charge in [-0.1, -0.05) is 36.4 Å². The molecular weight excluding hydrogens is 516 g/mol. The zero-order valence-electron chi connectivity index (χ0n) is 20.6. The van der Waals surface area contributed by atoms with Gasteiger partial charge in [0.1, 0.15) is 24.9 Å². The van der Waals surface area contributed by atoms with Crippen LogP contribution in [0, 0.1) is 0 Å². The SMILES string of the molecule is O=C(O[C@H]1[C@H](Oc2c(O)cccc2COC(=O)C2(O)C=CCCC2=O)O[C@H](CO)[C@@H](O)[C@@H]1O)c1ccccc1. The van der Waals surface area contributed by atoms with Gasteiger partial charge in [0.15, 0.2) is 23.4 Å². The van der Waals surface area contributed by atoms with Crippen LogP contribution in [0.2, 0.25) is 0 Å².